The van der Waals surface area contributed by atoms with Crippen molar-refractivity contribution in [3.63, 3.8) is 0 Å². The van der Waals surface area contributed by atoms with Crippen LogP contribution in [0.15, 0.2) is 60.8 Å². The summed E-state index contributed by atoms with van der Waals surface area (Å²) in [5.74, 6) is 0.603. The van der Waals surface area contributed by atoms with Gasteiger partial charge in [-0.25, -0.2) is 4.98 Å². The number of methoxy groups -OCH3 is 1. The lowest BCUT2D eigenvalue weighted by atomic mass is 10.0. The molecule has 2 aromatic carbocycles. The molecule has 122 valence electrons. The monoisotopic (exact) mass is 338 g/mol. The zero-order valence-corrected chi connectivity index (χ0v) is 14.5. The molecule has 3 rings (SSSR count). The van der Waals surface area contributed by atoms with Crippen molar-refractivity contribution in [1.82, 2.24) is 4.98 Å². The SMILES string of the molecule is CNc1ccc(Cc2cnc(OC)c(-c3cccc(Cl)c3)c2)cc1. The molecule has 0 aliphatic heterocycles. The van der Waals surface area contributed by atoms with Crippen molar-refractivity contribution < 1.29 is 4.74 Å². The third kappa shape index (κ3) is 3.69. The number of hydrogen-bond acceptors (Lipinski definition) is 3. The van der Waals surface area contributed by atoms with Gasteiger partial charge in [-0.05, 0) is 53.4 Å². The van der Waals surface area contributed by atoms with Crippen LogP contribution in [-0.4, -0.2) is 19.1 Å². The molecular weight excluding hydrogens is 320 g/mol. The summed E-state index contributed by atoms with van der Waals surface area (Å²) in [6, 6.07) is 18.2. The van der Waals surface area contributed by atoms with E-state index < -0.39 is 0 Å². The molecule has 0 amide bonds. The van der Waals surface area contributed by atoms with E-state index in [1.54, 1.807) is 7.11 Å². The van der Waals surface area contributed by atoms with Crippen molar-refractivity contribution in [2.45, 2.75) is 6.42 Å². The molecule has 0 aliphatic carbocycles. The maximum atomic E-state index is 6.12. The molecular formula is C20H19ClN2O. The lowest BCUT2D eigenvalue weighted by molar-refractivity contribution is 0.399. The molecule has 0 bridgehead atoms. The van der Waals surface area contributed by atoms with Crippen LogP contribution in [0.25, 0.3) is 11.1 Å². The van der Waals surface area contributed by atoms with Crippen LogP contribution in [0.3, 0.4) is 0 Å². The van der Waals surface area contributed by atoms with Crippen molar-refractivity contribution in [1.29, 1.82) is 0 Å². The minimum absolute atomic E-state index is 0.603. The average molecular weight is 339 g/mol. The average Bonchev–Trinajstić information content (AvgIpc) is 2.62. The molecule has 0 spiro atoms. The summed E-state index contributed by atoms with van der Waals surface area (Å²) in [6.45, 7) is 0. The molecule has 0 aliphatic rings. The van der Waals surface area contributed by atoms with Crippen LogP contribution in [0.4, 0.5) is 5.69 Å². The van der Waals surface area contributed by atoms with Gasteiger partial charge in [0.05, 0.1) is 7.11 Å². The molecule has 0 fully saturated rings. The molecule has 4 heteroatoms. The van der Waals surface area contributed by atoms with Gasteiger partial charge in [-0.2, -0.15) is 0 Å². The third-order valence-corrected chi connectivity index (χ3v) is 4.12. The van der Waals surface area contributed by atoms with E-state index in [1.807, 2.05) is 37.5 Å². The molecule has 3 nitrogen and oxygen atoms in total. The zero-order valence-electron chi connectivity index (χ0n) is 13.7. The number of hydrogen-bond donors (Lipinski definition) is 1. The Morgan fingerprint density at radius 3 is 2.50 bits per heavy atom. The molecule has 0 saturated heterocycles. The Morgan fingerprint density at radius 1 is 1.04 bits per heavy atom. The largest absolute Gasteiger partial charge is 0.481 e. The maximum absolute atomic E-state index is 6.12. The van der Waals surface area contributed by atoms with Gasteiger partial charge in [0.1, 0.15) is 0 Å². The minimum atomic E-state index is 0.603. The maximum Gasteiger partial charge on any atom is 0.221 e. The van der Waals surface area contributed by atoms with Gasteiger partial charge in [-0.3, -0.25) is 0 Å². The first-order valence-corrected chi connectivity index (χ1v) is 8.13. The normalized spacial score (nSPS) is 10.5. The van der Waals surface area contributed by atoms with Crippen LogP contribution >= 0.6 is 11.6 Å². The summed E-state index contributed by atoms with van der Waals surface area (Å²) >= 11 is 6.12. The highest BCUT2D eigenvalue weighted by Gasteiger charge is 2.10. The standard InChI is InChI=1S/C20H19ClN2O/c1-22-18-8-6-14(7-9-18)10-15-11-19(20(24-2)23-13-15)16-4-3-5-17(21)12-16/h3-9,11-13,22H,10H2,1-2H3. The van der Waals surface area contributed by atoms with Crippen LogP contribution in [0, 0.1) is 0 Å². The van der Waals surface area contributed by atoms with E-state index in [0.29, 0.717) is 10.9 Å². The molecule has 1 aromatic heterocycles. The number of pyridine rings is 1. The number of rotatable bonds is 5. The quantitative estimate of drug-likeness (QED) is 0.707. The van der Waals surface area contributed by atoms with Gasteiger partial charge in [0, 0.05) is 29.5 Å². The Morgan fingerprint density at radius 2 is 1.83 bits per heavy atom. The van der Waals surface area contributed by atoms with Crippen LogP contribution in [0.2, 0.25) is 5.02 Å². The first-order valence-electron chi connectivity index (χ1n) is 7.75. The first kappa shape index (κ1) is 16.3. The Kier molecular flexibility index (Phi) is 5.02. The van der Waals surface area contributed by atoms with Crippen molar-refractivity contribution in [2.24, 2.45) is 0 Å². The minimum Gasteiger partial charge on any atom is -0.481 e. The molecule has 0 radical (unpaired) electrons. The van der Waals surface area contributed by atoms with Crippen molar-refractivity contribution in [3.05, 3.63) is 76.9 Å². The Labute approximate surface area is 147 Å². The summed E-state index contributed by atoms with van der Waals surface area (Å²) in [4.78, 5) is 4.46. The van der Waals surface area contributed by atoms with E-state index in [4.69, 9.17) is 16.3 Å². The highest BCUT2D eigenvalue weighted by molar-refractivity contribution is 6.30. The Balaban J connectivity index is 1.93. The smallest absolute Gasteiger partial charge is 0.221 e. The number of aromatic nitrogens is 1. The second-order valence-corrected chi connectivity index (χ2v) is 5.97. The molecule has 0 saturated carbocycles. The number of halogens is 1. The van der Waals surface area contributed by atoms with Gasteiger partial charge in [-0.1, -0.05) is 35.9 Å². The number of nitrogens with zero attached hydrogens (tertiary/aromatic N) is 1. The fraction of sp³-hybridized carbons (Fsp3) is 0.150. The number of nitrogens with one attached hydrogen (secondary N) is 1. The highest BCUT2D eigenvalue weighted by atomic mass is 35.5. The summed E-state index contributed by atoms with van der Waals surface area (Å²) in [7, 11) is 3.55. The summed E-state index contributed by atoms with van der Waals surface area (Å²) in [5.41, 5.74) is 5.41. The van der Waals surface area contributed by atoms with Gasteiger partial charge in [0.15, 0.2) is 0 Å². The molecule has 3 aromatic rings. The third-order valence-electron chi connectivity index (χ3n) is 3.89. The van der Waals surface area contributed by atoms with Crippen molar-refractivity contribution in [3.8, 4) is 17.0 Å². The second kappa shape index (κ2) is 7.37. The first-order chi connectivity index (χ1) is 11.7. The summed E-state index contributed by atoms with van der Waals surface area (Å²) in [5, 5.41) is 3.82. The zero-order chi connectivity index (χ0) is 16.9. The van der Waals surface area contributed by atoms with Crippen LogP contribution in [0.1, 0.15) is 11.1 Å². The van der Waals surface area contributed by atoms with E-state index >= 15 is 0 Å². The molecule has 1 heterocycles. The van der Waals surface area contributed by atoms with Crippen molar-refractivity contribution >= 4 is 17.3 Å². The number of benzene rings is 2. The Bertz CT molecular complexity index is 831. The van der Waals surface area contributed by atoms with Crippen LogP contribution in [-0.2, 0) is 6.42 Å². The van der Waals surface area contributed by atoms with E-state index in [0.717, 1.165) is 28.8 Å². The lowest BCUT2D eigenvalue weighted by Crippen LogP contribution is -1.96. The van der Waals surface area contributed by atoms with Crippen molar-refractivity contribution in [2.75, 3.05) is 19.5 Å². The van der Waals surface area contributed by atoms with E-state index in [9.17, 15) is 0 Å². The number of anilines is 1. The molecule has 1 N–H and O–H groups in total. The fourth-order valence-electron chi connectivity index (χ4n) is 2.64. The summed E-state index contributed by atoms with van der Waals surface area (Å²) < 4.78 is 5.41. The lowest BCUT2D eigenvalue weighted by Gasteiger charge is -2.11. The molecule has 0 unspecified atom stereocenters. The van der Waals surface area contributed by atoms with Gasteiger partial charge >= 0.3 is 0 Å². The van der Waals surface area contributed by atoms with Gasteiger partial charge in [0.2, 0.25) is 5.88 Å². The second-order valence-electron chi connectivity index (χ2n) is 5.53. The van der Waals surface area contributed by atoms with E-state index in [2.05, 4.69) is 40.6 Å². The van der Waals surface area contributed by atoms with E-state index in [1.165, 1.54) is 5.56 Å². The predicted octanol–water partition coefficient (Wildman–Crippen LogP) is 5.04. The van der Waals surface area contributed by atoms with Gasteiger partial charge < -0.3 is 10.1 Å². The van der Waals surface area contributed by atoms with Gasteiger partial charge in [-0.15, -0.1) is 0 Å². The number of ether oxygens (including phenoxy) is 1. The fourth-order valence-corrected chi connectivity index (χ4v) is 2.83. The molecule has 0 atom stereocenters. The topological polar surface area (TPSA) is 34.2 Å². The van der Waals surface area contributed by atoms with Crippen LogP contribution in [0.5, 0.6) is 5.88 Å². The van der Waals surface area contributed by atoms with Crippen LogP contribution < -0.4 is 10.1 Å². The highest BCUT2D eigenvalue weighted by Crippen LogP contribution is 2.31. The molecule has 24 heavy (non-hydrogen) atoms. The van der Waals surface area contributed by atoms with E-state index in [-0.39, 0.29) is 0 Å². The summed E-state index contributed by atoms with van der Waals surface area (Å²) in [6.07, 6.45) is 2.67. The van der Waals surface area contributed by atoms with Gasteiger partial charge in [0.25, 0.3) is 0 Å². The predicted molar refractivity (Wildman–Crippen MR) is 100 cm³/mol. The Hall–Kier alpha value is -2.52.